The SMILES string of the molecule is CC(C)CO[C@H]1OC(CO)[C@@H](OCC(C)C)[C@@H](O)C1O. The number of rotatable bonds is 7. The first-order valence-corrected chi connectivity index (χ1v) is 7.22. The summed E-state index contributed by atoms with van der Waals surface area (Å²) in [6.07, 6.45) is -4.73. The van der Waals surface area contributed by atoms with E-state index in [1.165, 1.54) is 0 Å². The van der Waals surface area contributed by atoms with Crippen molar-refractivity contribution < 1.29 is 29.5 Å². The summed E-state index contributed by atoms with van der Waals surface area (Å²) in [4.78, 5) is 0. The number of aliphatic hydroxyl groups is 3. The van der Waals surface area contributed by atoms with Gasteiger partial charge < -0.3 is 29.5 Å². The lowest BCUT2D eigenvalue weighted by Crippen LogP contribution is -2.60. The Morgan fingerprint density at radius 2 is 1.50 bits per heavy atom. The highest BCUT2D eigenvalue weighted by Crippen LogP contribution is 2.25. The molecular weight excluding hydrogens is 264 g/mol. The second-order valence-corrected chi connectivity index (χ2v) is 6.13. The van der Waals surface area contributed by atoms with E-state index in [-0.39, 0.29) is 18.4 Å². The largest absolute Gasteiger partial charge is 0.394 e. The molecule has 0 saturated carbocycles. The molecule has 1 rings (SSSR count). The van der Waals surface area contributed by atoms with E-state index in [0.717, 1.165) is 0 Å². The lowest BCUT2D eigenvalue weighted by molar-refractivity contribution is -0.309. The van der Waals surface area contributed by atoms with Crippen LogP contribution in [0.3, 0.4) is 0 Å². The fraction of sp³-hybridized carbons (Fsp3) is 1.00. The van der Waals surface area contributed by atoms with E-state index in [1.807, 2.05) is 27.7 Å². The Morgan fingerprint density at radius 1 is 0.950 bits per heavy atom. The summed E-state index contributed by atoms with van der Waals surface area (Å²) >= 11 is 0. The van der Waals surface area contributed by atoms with Gasteiger partial charge in [-0.3, -0.25) is 0 Å². The van der Waals surface area contributed by atoms with Crippen LogP contribution in [-0.2, 0) is 14.2 Å². The van der Waals surface area contributed by atoms with Crippen molar-refractivity contribution in [2.24, 2.45) is 11.8 Å². The van der Waals surface area contributed by atoms with Crippen LogP contribution in [0.5, 0.6) is 0 Å². The molecule has 2 unspecified atom stereocenters. The van der Waals surface area contributed by atoms with E-state index in [9.17, 15) is 15.3 Å². The molecule has 1 saturated heterocycles. The van der Waals surface area contributed by atoms with Crippen LogP contribution < -0.4 is 0 Å². The number of hydrogen-bond acceptors (Lipinski definition) is 6. The molecule has 1 aliphatic rings. The summed E-state index contributed by atoms with van der Waals surface area (Å²) in [6.45, 7) is 8.45. The summed E-state index contributed by atoms with van der Waals surface area (Å²) in [5.41, 5.74) is 0. The second kappa shape index (κ2) is 8.26. The van der Waals surface area contributed by atoms with Crippen LogP contribution in [0.4, 0.5) is 0 Å². The van der Waals surface area contributed by atoms with Crippen molar-refractivity contribution in [2.45, 2.75) is 58.4 Å². The molecule has 1 heterocycles. The van der Waals surface area contributed by atoms with Gasteiger partial charge in [0.2, 0.25) is 0 Å². The maximum Gasteiger partial charge on any atom is 0.186 e. The molecule has 6 nitrogen and oxygen atoms in total. The van der Waals surface area contributed by atoms with Crippen molar-refractivity contribution >= 4 is 0 Å². The Kier molecular flexibility index (Phi) is 7.36. The second-order valence-electron chi connectivity index (χ2n) is 6.13. The first-order chi connectivity index (χ1) is 9.36. The van der Waals surface area contributed by atoms with Crippen LogP contribution >= 0.6 is 0 Å². The number of ether oxygens (including phenoxy) is 3. The predicted octanol–water partition coefficient (Wildman–Crippen LogP) is 0.139. The van der Waals surface area contributed by atoms with Crippen LogP contribution in [0.1, 0.15) is 27.7 Å². The van der Waals surface area contributed by atoms with Crippen molar-refractivity contribution in [1.29, 1.82) is 0 Å². The van der Waals surface area contributed by atoms with Crippen LogP contribution in [-0.4, -0.2) is 65.8 Å². The lowest BCUT2D eigenvalue weighted by atomic mass is 9.99. The van der Waals surface area contributed by atoms with Gasteiger partial charge in [0.1, 0.15) is 24.4 Å². The summed E-state index contributed by atoms with van der Waals surface area (Å²) in [5.74, 6) is 0.569. The minimum absolute atomic E-state index is 0.283. The topological polar surface area (TPSA) is 88.4 Å². The summed E-state index contributed by atoms with van der Waals surface area (Å²) in [6, 6.07) is 0. The van der Waals surface area contributed by atoms with Crippen molar-refractivity contribution in [3.8, 4) is 0 Å². The minimum Gasteiger partial charge on any atom is -0.394 e. The maximum atomic E-state index is 10.1. The van der Waals surface area contributed by atoms with E-state index >= 15 is 0 Å². The molecule has 20 heavy (non-hydrogen) atoms. The van der Waals surface area contributed by atoms with Gasteiger partial charge in [0.05, 0.1) is 13.2 Å². The van der Waals surface area contributed by atoms with Crippen LogP contribution in [0.25, 0.3) is 0 Å². The smallest absolute Gasteiger partial charge is 0.186 e. The van der Waals surface area contributed by atoms with Crippen molar-refractivity contribution in [3.05, 3.63) is 0 Å². The van der Waals surface area contributed by atoms with Gasteiger partial charge in [-0.15, -0.1) is 0 Å². The molecule has 1 fully saturated rings. The van der Waals surface area contributed by atoms with Crippen LogP contribution in [0.2, 0.25) is 0 Å². The summed E-state index contributed by atoms with van der Waals surface area (Å²) in [5, 5.41) is 29.6. The highest BCUT2D eigenvalue weighted by Gasteiger charge is 2.45. The minimum atomic E-state index is -1.19. The molecule has 3 N–H and O–H groups in total. The zero-order valence-electron chi connectivity index (χ0n) is 12.7. The van der Waals surface area contributed by atoms with E-state index < -0.39 is 30.7 Å². The molecule has 0 aliphatic carbocycles. The number of aliphatic hydroxyl groups excluding tert-OH is 3. The molecule has 0 aromatic rings. The Bertz CT molecular complexity index is 268. The Morgan fingerprint density at radius 3 is 2.00 bits per heavy atom. The van der Waals surface area contributed by atoms with Crippen molar-refractivity contribution in [2.75, 3.05) is 19.8 Å². The molecular formula is C14H28O6. The fourth-order valence-electron chi connectivity index (χ4n) is 1.99. The standard InChI is InChI=1S/C14H28O6/c1-8(2)6-18-13-10(5-15)20-14(12(17)11(13)16)19-7-9(3)4/h8-17H,5-7H2,1-4H3/t10?,11-,12?,13+,14-/m0/s1. The number of hydrogen-bond donors (Lipinski definition) is 3. The third kappa shape index (κ3) is 4.95. The van der Waals surface area contributed by atoms with Gasteiger partial charge in [-0.05, 0) is 11.8 Å². The molecule has 0 spiro atoms. The van der Waals surface area contributed by atoms with Crippen molar-refractivity contribution in [3.63, 3.8) is 0 Å². The van der Waals surface area contributed by atoms with Gasteiger partial charge in [-0.25, -0.2) is 0 Å². The maximum absolute atomic E-state index is 10.1. The first kappa shape index (κ1) is 17.8. The molecule has 0 aromatic carbocycles. The summed E-state index contributed by atoms with van der Waals surface area (Å²) in [7, 11) is 0. The van der Waals surface area contributed by atoms with Gasteiger partial charge in [-0.1, -0.05) is 27.7 Å². The third-order valence-corrected chi connectivity index (χ3v) is 3.04. The van der Waals surface area contributed by atoms with Gasteiger partial charge in [-0.2, -0.15) is 0 Å². The molecule has 0 aromatic heterocycles. The zero-order chi connectivity index (χ0) is 15.3. The van der Waals surface area contributed by atoms with E-state index in [2.05, 4.69) is 0 Å². The van der Waals surface area contributed by atoms with Gasteiger partial charge in [0, 0.05) is 6.61 Å². The van der Waals surface area contributed by atoms with E-state index in [4.69, 9.17) is 14.2 Å². The van der Waals surface area contributed by atoms with Crippen LogP contribution in [0.15, 0.2) is 0 Å². The monoisotopic (exact) mass is 292 g/mol. The van der Waals surface area contributed by atoms with Gasteiger partial charge >= 0.3 is 0 Å². The highest BCUT2D eigenvalue weighted by atomic mass is 16.7. The van der Waals surface area contributed by atoms with E-state index in [1.54, 1.807) is 0 Å². The Hall–Kier alpha value is -0.240. The molecule has 5 atom stereocenters. The van der Waals surface area contributed by atoms with Gasteiger partial charge in [0.25, 0.3) is 0 Å². The van der Waals surface area contributed by atoms with Crippen molar-refractivity contribution in [1.82, 2.24) is 0 Å². The molecule has 0 amide bonds. The quantitative estimate of drug-likeness (QED) is 0.618. The molecule has 0 radical (unpaired) electrons. The molecule has 0 bridgehead atoms. The molecule has 1 aliphatic heterocycles. The Balaban J connectivity index is 2.63. The van der Waals surface area contributed by atoms with Crippen LogP contribution in [0, 0.1) is 11.8 Å². The zero-order valence-corrected chi connectivity index (χ0v) is 12.7. The van der Waals surface area contributed by atoms with Gasteiger partial charge in [0.15, 0.2) is 6.29 Å². The first-order valence-electron chi connectivity index (χ1n) is 7.22. The Labute approximate surface area is 120 Å². The summed E-state index contributed by atoms with van der Waals surface area (Å²) < 4.78 is 16.5. The molecule has 120 valence electrons. The average Bonchev–Trinajstić information content (AvgIpc) is 2.38. The van der Waals surface area contributed by atoms with E-state index in [0.29, 0.717) is 13.2 Å². The normalized spacial score (nSPS) is 35.0. The highest BCUT2D eigenvalue weighted by molar-refractivity contribution is 4.90. The molecule has 6 heteroatoms. The third-order valence-electron chi connectivity index (χ3n) is 3.04. The fourth-order valence-corrected chi connectivity index (χ4v) is 1.99. The lowest BCUT2D eigenvalue weighted by Gasteiger charge is -2.42. The average molecular weight is 292 g/mol. The predicted molar refractivity (Wildman–Crippen MR) is 73.1 cm³/mol.